The Hall–Kier alpha value is -0.630. The Bertz CT molecular complexity index is 584. The van der Waals surface area contributed by atoms with Crippen LogP contribution in [-0.4, -0.2) is 23.9 Å². The van der Waals surface area contributed by atoms with Crippen molar-refractivity contribution in [1.29, 1.82) is 0 Å². The van der Waals surface area contributed by atoms with Crippen LogP contribution in [0.15, 0.2) is 0 Å². The van der Waals surface area contributed by atoms with Crippen LogP contribution >= 0.6 is 0 Å². The van der Waals surface area contributed by atoms with Crippen LogP contribution in [0, 0.1) is 23.7 Å². The van der Waals surface area contributed by atoms with Crippen molar-refractivity contribution in [3.8, 4) is 0 Å². The molecule has 0 nitrogen and oxygen atoms in total. The van der Waals surface area contributed by atoms with Gasteiger partial charge in [-0.15, -0.1) is 0 Å². The van der Waals surface area contributed by atoms with Gasteiger partial charge < -0.3 is 0 Å². The van der Waals surface area contributed by atoms with E-state index >= 15 is 0 Å². The van der Waals surface area contributed by atoms with Gasteiger partial charge in [0.1, 0.15) is 0 Å². The highest BCUT2D eigenvalue weighted by atomic mass is 19.4. The maximum absolute atomic E-state index is 13.8. The van der Waals surface area contributed by atoms with E-state index in [-0.39, 0.29) is 5.92 Å². The lowest BCUT2D eigenvalue weighted by molar-refractivity contribution is -0.397. The van der Waals surface area contributed by atoms with Crippen molar-refractivity contribution in [2.24, 2.45) is 23.7 Å². The summed E-state index contributed by atoms with van der Waals surface area (Å²) in [5.74, 6) is -17.2. The third-order valence-corrected chi connectivity index (χ3v) is 8.24. The van der Waals surface area contributed by atoms with Gasteiger partial charge in [0.25, 0.3) is 0 Å². The van der Waals surface area contributed by atoms with Crippen molar-refractivity contribution < 1.29 is 39.5 Å². The molecule has 0 radical (unpaired) electrons. The van der Waals surface area contributed by atoms with E-state index in [9.17, 15) is 39.5 Å². The second kappa shape index (κ2) is 12.1. The molecular weight excluding hydrogens is 471 g/mol. The predicted octanol–water partition coefficient (Wildman–Crippen LogP) is 10.2. The lowest BCUT2D eigenvalue weighted by Gasteiger charge is -2.38. The van der Waals surface area contributed by atoms with Crippen LogP contribution in [0.4, 0.5) is 39.5 Å². The van der Waals surface area contributed by atoms with Gasteiger partial charge >= 0.3 is 23.9 Å². The standard InChI is InChI=1S/C25H39F9/c1-2-3-4-5-6-7-18-8-12-20(13-9-18)21-14-10-19(11-15-21)16-17-22(26,27)23(28,29)24(30,31)25(32,33)34/h18-21H,2-17H2,1H3. The minimum absolute atomic E-state index is 0.350. The predicted molar refractivity (Wildman–Crippen MR) is 114 cm³/mol. The third kappa shape index (κ3) is 7.21. The summed E-state index contributed by atoms with van der Waals surface area (Å²) in [5, 5.41) is 0. The van der Waals surface area contributed by atoms with Gasteiger partial charge in [-0.25, -0.2) is 0 Å². The van der Waals surface area contributed by atoms with Crippen LogP contribution in [0.5, 0.6) is 0 Å². The summed E-state index contributed by atoms with van der Waals surface area (Å²) in [6.07, 6.45) is 6.05. The van der Waals surface area contributed by atoms with Crippen molar-refractivity contribution in [2.75, 3.05) is 0 Å². The summed E-state index contributed by atoms with van der Waals surface area (Å²) in [7, 11) is 0. The molecule has 0 atom stereocenters. The van der Waals surface area contributed by atoms with E-state index in [0.717, 1.165) is 31.6 Å². The van der Waals surface area contributed by atoms with Gasteiger partial charge in [-0.1, -0.05) is 71.1 Å². The maximum Gasteiger partial charge on any atom is 0.460 e. The first-order valence-corrected chi connectivity index (χ1v) is 12.9. The molecule has 9 heteroatoms. The largest absolute Gasteiger partial charge is 0.460 e. The lowest BCUT2D eigenvalue weighted by atomic mass is 9.68. The normalized spacial score (nSPS) is 27.7. The zero-order valence-corrected chi connectivity index (χ0v) is 20.0. The molecule has 0 aromatic heterocycles. The van der Waals surface area contributed by atoms with E-state index in [1.807, 2.05) is 0 Å². The third-order valence-electron chi connectivity index (χ3n) is 8.24. The van der Waals surface area contributed by atoms with Gasteiger partial charge in [-0.05, 0) is 55.8 Å². The Morgan fingerprint density at radius 3 is 1.41 bits per heavy atom. The van der Waals surface area contributed by atoms with Crippen molar-refractivity contribution >= 4 is 0 Å². The zero-order valence-electron chi connectivity index (χ0n) is 20.0. The van der Waals surface area contributed by atoms with Crippen LogP contribution in [0.3, 0.4) is 0 Å². The smallest absolute Gasteiger partial charge is 0.200 e. The molecule has 2 aliphatic carbocycles. The molecular formula is C25H39F9. The second-order valence-corrected chi connectivity index (χ2v) is 10.7. The van der Waals surface area contributed by atoms with E-state index in [2.05, 4.69) is 6.92 Å². The summed E-state index contributed by atoms with van der Waals surface area (Å²) < 4.78 is 117. The summed E-state index contributed by atoms with van der Waals surface area (Å²) in [6.45, 7) is 2.20. The first-order chi connectivity index (χ1) is 15.7. The topological polar surface area (TPSA) is 0 Å². The van der Waals surface area contributed by atoms with Crippen molar-refractivity contribution in [3.63, 3.8) is 0 Å². The minimum atomic E-state index is -6.78. The Morgan fingerprint density at radius 2 is 0.971 bits per heavy atom. The maximum atomic E-state index is 13.8. The van der Waals surface area contributed by atoms with Gasteiger partial charge in [0.2, 0.25) is 0 Å². The molecule has 34 heavy (non-hydrogen) atoms. The monoisotopic (exact) mass is 510 g/mol. The van der Waals surface area contributed by atoms with E-state index in [1.54, 1.807) is 0 Å². The van der Waals surface area contributed by atoms with Crippen LogP contribution in [-0.2, 0) is 0 Å². The fourth-order valence-electron chi connectivity index (χ4n) is 5.88. The summed E-state index contributed by atoms with van der Waals surface area (Å²) in [4.78, 5) is 0. The van der Waals surface area contributed by atoms with Gasteiger partial charge in [0.15, 0.2) is 0 Å². The molecule has 0 unspecified atom stereocenters. The van der Waals surface area contributed by atoms with Gasteiger partial charge in [0, 0.05) is 6.42 Å². The summed E-state index contributed by atoms with van der Waals surface area (Å²) in [5.41, 5.74) is 0. The molecule has 0 bridgehead atoms. The SMILES string of the molecule is CCCCCCCC1CCC(C2CCC(CCC(F)(F)C(F)(F)C(F)(F)C(F)(F)F)CC2)CC1. The highest BCUT2D eigenvalue weighted by molar-refractivity contribution is 5.00. The Kier molecular flexibility index (Phi) is 10.5. The Morgan fingerprint density at radius 1 is 0.529 bits per heavy atom. The number of alkyl halides is 9. The number of unbranched alkanes of at least 4 members (excludes halogenated alkanes) is 4. The summed E-state index contributed by atoms with van der Waals surface area (Å²) in [6, 6.07) is 0. The highest BCUT2D eigenvalue weighted by Crippen LogP contribution is 2.55. The second-order valence-electron chi connectivity index (χ2n) is 10.7. The molecule has 0 N–H and O–H groups in total. The highest BCUT2D eigenvalue weighted by Gasteiger charge is 2.81. The molecule has 2 aliphatic rings. The number of halogens is 9. The first kappa shape index (κ1) is 29.6. The van der Waals surface area contributed by atoms with Crippen molar-refractivity contribution in [1.82, 2.24) is 0 Å². The zero-order chi connectivity index (χ0) is 25.6. The summed E-state index contributed by atoms with van der Waals surface area (Å²) >= 11 is 0. The average Bonchev–Trinajstić information content (AvgIpc) is 2.77. The molecule has 202 valence electrons. The van der Waals surface area contributed by atoms with E-state index in [1.165, 1.54) is 51.4 Å². The molecule has 2 saturated carbocycles. The lowest BCUT2D eigenvalue weighted by Crippen LogP contribution is -2.60. The first-order valence-electron chi connectivity index (χ1n) is 12.9. The molecule has 2 rings (SSSR count). The minimum Gasteiger partial charge on any atom is -0.200 e. The van der Waals surface area contributed by atoms with Crippen LogP contribution < -0.4 is 0 Å². The molecule has 0 aromatic rings. The van der Waals surface area contributed by atoms with Crippen molar-refractivity contribution in [2.45, 2.75) is 134 Å². The van der Waals surface area contributed by atoms with E-state index in [0.29, 0.717) is 24.7 Å². The number of rotatable bonds is 12. The Labute approximate surface area is 197 Å². The van der Waals surface area contributed by atoms with Gasteiger partial charge in [-0.3, -0.25) is 0 Å². The van der Waals surface area contributed by atoms with Crippen molar-refractivity contribution in [3.05, 3.63) is 0 Å². The quantitative estimate of drug-likeness (QED) is 0.181. The van der Waals surface area contributed by atoms with Crippen LogP contribution in [0.1, 0.15) is 110 Å². The molecule has 2 fully saturated rings. The fourth-order valence-corrected chi connectivity index (χ4v) is 5.88. The van der Waals surface area contributed by atoms with Crippen LogP contribution in [0.2, 0.25) is 0 Å². The van der Waals surface area contributed by atoms with Gasteiger partial charge in [0.05, 0.1) is 0 Å². The average molecular weight is 511 g/mol. The van der Waals surface area contributed by atoms with E-state index in [4.69, 9.17) is 0 Å². The molecule has 0 aliphatic heterocycles. The molecule has 0 spiro atoms. The number of hydrogen-bond acceptors (Lipinski definition) is 0. The molecule has 0 amide bonds. The number of hydrogen-bond donors (Lipinski definition) is 0. The van der Waals surface area contributed by atoms with Gasteiger partial charge in [-0.2, -0.15) is 39.5 Å². The molecule has 0 heterocycles. The van der Waals surface area contributed by atoms with Crippen LogP contribution in [0.25, 0.3) is 0 Å². The molecule has 0 aromatic carbocycles. The molecule has 0 saturated heterocycles. The Balaban J connectivity index is 1.72. The van der Waals surface area contributed by atoms with E-state index < -0.39 is 36.8 Å². The fraction of sp³-hybridized carbons (Fsp3) is 1.00.